The van der Waals surface area contributed by atoms with E-state index in [9.17, 15) is 10.1 Å². The third-order valence-corrected chi connectivity index (χ3v) is 3.90. The zero-order valence-corrected chi connectivity index (χ0v) is 12.0. The molecule has 1 amide bonds. The first-order valence-corrected chi connectivity index (χ1v) is 7.22. The van der Waals surface area contributed by atoms with Crippen molar-refractivity contribution < 1.29 is 4.79 Å². The Balaban J connectivity index is 2.37. The van der Waals surface area contributed by atoms with Gasteiger partial charge in [0.1, 0.15) is 5.41 Å². The number of amides is 1. The SMILES string of the molecule is CC(C)CCCC(C)NC(=O)C1(C#N)CCCC1. The number of carbonyl (C=O) groups excluding carboxylic acids is 1. The van der Waals surface area contributed by atoms with Gasteiger partial charge < -0.3 is 5.32 Å². The minimum Gasteiger partial charge on any atom is -0.352 e. The summed E-state index contributed by atoms with van der Waals surface area (Å²) in [5.41, 5.74) is -0.730. The van der Waals surface area contributed by atoms with E-state index in [4.69, 9.17) is 0 Å². The van der Waals surface area contributed by atoms with Gasteiger partial charge in [0.05, 0.1) is 6.07 Å². The Bertz CT molecular complexity index is 311. The highest BCUT2D eigenvalue weighted by Gasteiger charge is 2.41. The zero-order valence-electron chi connectivity index (χ0n) is 12.0. The van der Waals surface area contributed by atoms with Crippen LogP contribution in [0.25, 0.3) is 0 Å². The number of hydrogen-bond acceptors (Lipinski definition) is 2. The minimum absolute atomic E-state index is 0.0421. The van der Waals surface area contributed by atoms with Crippen molar-refractivity contribution in [1.29, 1.82) is 5.26 Å². The number of rotatable bonds is 6. The summed E-state index contributed by atoms with van der Waals surface area (Å²) in [6.07, 6.45) is 6.81. The van der Waals surface area contributed by atoms with Gasteiger partial charge in [-0.15, -0.1) is 0 Å². The van der Waals surface area contributed by atoms with Crippen molar-refractivity contribution in [1.82, 2.24) is 5.32 Å². The monoisotopic (exact) mass is 250 g/mol. The lowest BCUT2D eigenvalue weighted by Crippen LogP contribution is -2.42. The van der Waals surface area contributed by atoms with E-state index >= 15 is 0 Å². The molecule has 1 fully saturated rings. The van der Waals surface area contributed by atoms with Gasteiger partial charge in [-0.3, -0.25) is 4.79 Å². The second-order valence-corrected chi connectivity index (χ2v) is 6.10. The molecule has 0 heterocycles. The molecule has 0 aliphatic heterocycles. The lowest BCUT2D eigenvalue weighted by Gasteiger charge is -2.23. The second-order valence-electron chi connectivity index (χ2n) is 6.10. The summed E-state index contributed by atoms with van der Waals surface area (Å²) in [5.74, 6) is 0.674. The van der Waals surface area contributed by atoms with E-state index in [0.717, 1.165) is 38.5 Å². The summed E-state index contributed by atoms with van der Waals surface area (Å²) in [7, 11) is 0. The largest absolute Gasteiger partial charge is 0.352 e. The van der Waals surface area contributed by atoms with E-state index in [-0.39, 0.29) is 11.9 Å². The van der Waals surface area contributed by atoms with Crippen LogP contribution in [0, 0.1) is 22.7 Å². The number of nitrogens with zero attached hydrogens (tertiary/aromatic N) is 1. The molecule has 1 N–H and O–H groups in total. The van der Waals surface area contributed by atoms with Crippen molar-refractivity contribution in [3.05, 3.63) is 0 Å². The van der Waals surface area contributed by atoms with E-state index in [2.05, 4.69) is 25.2 Å². The quantitative estimate of drug-likeness (QED) is 0.785. The van der Waals surface area contributed by atoms with Crippen molar-refractivity contribution in [2.75, 3.05) is 0 Å². The number of nitriles is 1. The Labute approximate surface area is 111 Å². The van der Waals surface area contributed by atoms with Gasteiger partial charge in [0, 0.05) is 6.04 Å². The maximum atomic E-state index is 12.2. The summed E-state index contributed by atoms with van der Waals surface area (Å²) in [6.45, 7) is 6.47. The average molecular weight is 250 g/mol. The van der Waals surface area contributed by atoms with Gasteiger partial charge in [0.25, 0.3) is 0 Å². The van der Waals surface area contributed by atoms with Crippen LogP contribution in [0.5, 0.6) is 0 Å². The van der Waals surface area contributed by atoms with Crippen molar-refractivity contribution in [3.63, 3.8) is 0 Å². The van der Waals surface area contributed by atoms with E-state index in [1.54, 1.807) is 0 Å². The predicted molar refractivity (Wildman–Crippen MR) is 72.8 cm³/mol. The summed E-state index contributed by atoms with van der Waals surface area (Å²) in [4.78, 5) is 12.2. The highest BCUT2D eigenvalue weighted by molar-refractivity contribution is 5.85. The number of carbonyl (C=O) groups is 1. The maximum absolute atomic E-state index is 12.2. The van der Waals surface area contributed by atoms with Gasteiger partial charge in [-0.1, -0.05) is 39.5 Å². The Morgan fingerprint density at radius 3 is 2.39 bits per heavy atom. The topological polar surface area (TPSA) is 52.9 Å². The average Bonchev–Trinajstić information content (AvgIpc) is 2.78. The molecule has 102 valence electrons. The van der Waals surface area contributed by atoms with Crippen molar-refractivity contribution in [2.45, 2.75) is 71.8 Å². The normalized spacial score (nSPS) is 19.5. The summed E-state index contributed by atoms with van der Waals surface area (Å²) < 4.78 is 0. The molecule has 1 aliphatic carbocycles. The lowest BCUT2D eigenvalue weighted by molar-refractivity contribution is -0.128. The van der Waals surface area contributed by atoms with Crippen LogP contribution < -0.4 is 5.32 Å². The van der Waals surface area contributed by atoms with E-state index in [1.165, 1.54) is 6.42 Å². The van der Waals surface area contributed by atoms with Crippen molar-refractivity contribution in [3.8, 4) is 6.07 Å². The highest BCUT2D eigenvalue weighted by Crippen LogP contribution is 2.37. The van der Waals surface area contributed by atoms with Crippen LogP contribution in [0.1, 0.15) is 65.7 Å². The van der Waals surface area contributed by atoms with E-state index in [0.29, 0.717) is 5.92 Å². The molecule has 3 heteroatoms. The first-order valence-electron chi connectivity index (χ1n) is 7.22. The Kier molecular flexibility index (Phi) is 5.65. The summed E-state index contributed by atoms with van der Waals surface area (Å²) >= 11 is 0. The second kappa shape index (κ2) is 6.78. The van der Waals surface area contributed by atoms with Gasteiger partial charge in [-0.25, -0.2) is 0 Å². The maximum Gasteiger partial charge on any atom is 0.240 e. The van der Waals surface area contributed by atoms with Gasteiger partial charge in [0.2, 0.25) is 5.91 Å². The van der Waals surface area contributed by atoms with E-state index < -0.39 is 5.41 Å². The summed E-state index contributed by atoms with van der Waals surface area (Å²) in [5, 5.41) is 12.3. The fraction of sp³-hybridized carbons (Fsp3) is 0.867. The Hall–Kier alpha value is -1.04. The third-order valence-electron chi connectivity index (χ3n) is 3.90. The molecule has 1 saturated carbocycles. The Morgan fingerprint density at radius 1 is 1.28 bits per heavy atom. The first kappa shape index (κ1) is 15.0. The van der Waals surface area contributed by atoms with Gasteiger partial charge in [-0.2, -0.15) is 5.26 Å². The van der Waals surface area contributed by atoms with Crippen LogP contribution >= 0.6 is 0 Å². The third kappa shape index (κ3) is 4.01. The lowest BCUT2D eigenvalue weighted by atomic mass is 9.86. The van der Waals surface area contributed by atoms with Gasteiger partial charge >= 0.3 is 0 Å². The molecule has 1 aliphatic rings. The standard InChI is InChI=1S/C15H26N2O/c1-12(2)7-6-8-13(3)17-14(18)15(11-16)9-4-5-10-15/h12-13H,4-10H2,1-3H3,(H,17,18). The molecule has 18 heavy (non-hydrogen) atoms. The van der Waals surface area contributed by atoms with Crippen LogP contribution in [-0.2, 0) is 4.79 Å². The van der Waals surface area contributed by atoms with Crippen molar-refractivity contribution in [2.24, 2.45) is 11.3 Å². The molecular formula is C15H26N2O. The predicted octanol–water partition coefficient (Wildman–Crippen LogP) is 3.40. The fourth-order valence-corrected chi connectivity index (χ4v) is 2.63. The molecule has 0 bridgehead atoms. The Morgan fingerprint density at radius 2 is 1.89 bits per heavy atom. The molecule has 1 rings (SSSR count). The molecule has 0 spiro atoms. The molecule has 1 unspecified atom stereocenters. The van der Waals surface area contributed by atoms with E-state index in [1.807, 2.05) is 6.92 Å². The van der Waals surface area contributed by atoms with Crippen LogP contribution in [0.15, 0.2) is 0 Å². The van der Waals surface area contributed by atoms with Crippen LogP contribution in [0.3, 0.4) is 0 Å². The summed E-state index contributed by atoms with van der Waals surface area (Å²) in [6, 6.07) is 2.43. The number of nitrogens with one attached hydrogen (secondary N) is 1. The highest BCUT2D eigenvalue weighted by atomic mass is 16.2. The van der Waals surface area contributed by atoms with Crippen LogP contribution in [0.2, 0.25) is 0 Å². The molecule has 0 aromatic carbocycles. The van der Waals surface area contributed by atoms with Gasteiger partial charge in [-0.05, 0) is 32.1 Å². The molecule has 0 saturated heterocycles. The molecule has 1 atom stereocenters. The fourth-order valence-electron chi connectivity index (χ4n) is 2.63. The van der Waals surface area contributed by atoms with Gasteiger partial charge in [0.15, 0.2) is 0 Å². The van der Waals surface area contributed by atoms with Crippen molar-refractivity contribution >= 4 is 5.91 Å². The number of hydrogen-bond donors (Lipinski definition) is 1. The van der Waals surface area contributed by atoms with Crippen LogP contribution in [0.4, 0.5) is 0 Å². The van der Waals surface area contributed by atoms with Crippen LogP contribution in [-0.4, -0.2) is 11.9 Å². The first-order chi connectivity index (χ1) is 8.50. The molecular weight excluding hydrogens is 224 g/mol. The smallest absolute Gasteiger partial charge is 0.240 e. The molecule has 0 radical (unpaired) electrons. The molecule has 3 nitrogen and oxygen atoms in total. The minimum atomic E-state index is -0.730. The zero-order chi connectivity index (χ0) is 13.6. The molecule has 0 aromatic heterocycles. The molecule has 0 aromatic rings.